The van der Waals surface area contributed by atoms with Crippen LogP contribution in [0.2, 0.25) is 0 Å². The molecule has 0 bridgehead atoms. The third kappa shape index (κ3) is 2.43. The third-order valence-electron chi connectivity index (χ3n) is 9.79. The van der Waals surface area contributed by atoms with Crippen LogP contribution in [0, 0.1) is 34.5 Å². The Morgan fingerprint density at radius 2 is 1.97 bits per heavy atom. The Morgan fingerprint density at radius 1 is 1.20 bits per heavy atom. The number of aliphatic hydroxyl groups is 1. The molecule has 30 heavy (non-hydrogen) atoms. The predicted octanol–water partition coefficient (Wildman–Crippen LogP) is 2.96. The number of carbonyl (C=O) groups excluding carboxylic acids is 3. The maximum atomic E-state index is 12.9. The molecule has 6 nitrogen and oxygen atoms in total. The van der Waals surface area contributed by atoms with Crippen molar-refractivity contribution in [2.24, 2.45) is 34.5 Å². The molecule has 1 heterocycles. The summed E-state index contributed by atoms with van der Waals surface area (Å²) in [5.74, 6) is -0.636. The molecule has 0 radical (unpaired) electrons. The highest BCUT2D eigenvalue weighted by molar-refractivity contribution is 5.92. The van der Waals surface area contributed by atoms with Crippen LogP contribution in [-0.4, -0.2) is 41.6 Å². The lowest BCUT2D eigenvalue weighted by molar-refractivity contribution is -0.197. The molecule has 1 spiro atoms. The Morgan fingerprint density at radius 3 is 2.63 bits per heavy atom. The summed E-state index contributed by atoms with van der Waals surface area (Å²) < 4.78 is 11.2. The number of ketones is 1. The van der Waals surface area contributed by atoms with Crippen molar-refractivity contribution in [2.45, 2.75) is 76.9 Å². The molecule has 3 saturated carbocycles. The topological polar surface area (TPSA) is 89.9 Å². The van der Waals surface area contributed by atoms with Gasteiger partial charge in [-0.1, -0.05) is 19.4 Å². The van der Waals surface area contributed by atoms with Gasteiger partial charge in [-0.15, -0.1) is 0 Å². The quantitative estimate of drug-likeness (QED) is 0.661. The van der Waals surface area contributed by atoms with E-state index in [-0.39, 0.29) is 52.2 Å². The van der Waals surface area contributed by atoms with Gasteiger partial charge in [0.2, 0.25) is 0 Å². The van der Waals surface area contributed by atoms with E-state index >= 15 is 0 Å². The fourth-order valence-electron chi connectivity index (χ4n) is 8.35. The van der Waals surface area contributed by atoms with Gasteiger partial charge in [-0.25, -0.2) is 0 Å². The zero-order chi connectivity index (χ0) is 21.5. The molecule has 0 unspecified atom stereocenters. The van der Waals surface area contributed by atoms with Crippen LogP contribution in [0.3, 0.4) is 0 Å². The van der Waals surface area contributed by atoms with Gasteiger partial charge in [0, 0.05) is 18.3 Å². The van der Waals surface area contributed by atoms with Crippen molar-refractivity contribution in [1.29, 1.82) is 0 Å². The van der Waals surface area contributed by atoms with Crippen molar-refractivity contribution in [2.75, 3.05) is 7.11 Å². The van der Waals surface area contributed by atoms with E-state index in [0.29, 0.717) is 38.5 Å². The molecule has 8 atom stereocenters. The average Bonchev–Trinajstić information content (AvgIpc) is 3.21. The smallest absolute Gasteiger partial charge is 0.309 e. The normalized spacial score (nSPS) is 49.7. The first-order valence-electron chi connectivity index (χ1n) is 11.4. The van der Waals surface area contributed by atoms with E-state index in [1.165, 1.54) is 7.11 Å². The second-order valence-corrected chi connectivity index (χ2v) is 10.8. The van der Waals surface area contributed by atoms with E-state index in [0.717, 1.165) is 18.4 Å². The summed E-state index contributed by atoms with van der Waals surface area (Å²) in [6, 6.07) is 0. The maximum absolute atomic E-state index is 12.9. The number of rotatable bonds is 1. The first-order chi connectivity index (χ1) is 14.1. The molecule has 4 fully saturated rings. The van der Waals surface area contributed by atoms with Gasteiger partial charge in [-0.2, -0.15) is 0 Å². The van der Waals surface area contributed by atoms with Gasteiger partial charge in [0.15, 0.2) is 5.78 Å². The van der Waals surface area contributed by atoms with Crippen LogP contribution in [0.5, 0.6) is 0 Å². The Hall–Kier alpha value is -1.69. The minimum absolute atomic E-state index is 0.0415. The third-order valence-corrected chi connectivity index (χ3v) is 9.79. The van der Waals surface area contributed by atoms with Gasteiger partial charge >= 0.3 is 11.9 Å². The fraction of sp³-hybridized carbons (Fsp3) is 0.792. The lowest BCUT2D eigenvalue weighted by Gasteiger charge is -2.62. The minimum atomic E-state index is -0.611. The number of esters is 2. The molecule has 164 valence electrons. The van der Waals surface area contributed by atoms with E-state index in [9.17, 15) is 19.5 Å². The van der Waals surface area contributed by atoms with Crippen LogP contribution in [0.1, 0.15) is 65.2 Å². The highest BCUT2D eigenvalue weighted by Gasteiger charge is 2.71. The fourth-order valence-corrected chi connectivity index (χ4v) is 8.35. The van der Waals surface area contributed by atoms with Crippen molar-refractivity contribution in [3.8, 4) is 0 Å². The Bertz CT molecular complexity index is 847. The van der Waals surface area contributed by atoms with Gasteiger partial charge in [-0.3, -0.25) is 14.4 Å². The van der Waals surface area contributed by atoms with E-state index in [2.05, 4.69) is 13.8 Å². The summed E-state index contributed by atoms with van der Waals surface area (Å²) in [5, 5.41) is 11.6. The number of carbonyl (C=O) groups is 3. The lowest BCUT2D eigenvalue weighted by Crippen LogP contribution is -2.62. The maximum Gasteiger partial charge on any atom is 0.309 e. The van der Waals surface area contributed by atoms with Crippen LogP contribution in [0.15, 0.2) is 11.6 Å². The number of fused-ring (bicyclic) bond motifs is 6. The molecule has 0 aromatic heterocycles. The van der Waals surface area contributed by atoms with Crippen molar-refractivity contribution >= 4 is 17.7 Å². The second-order valence-electron chi connectivity index (χ2n) is 10.8. The van der Waals surface area contributed by atoms with Crippen LogP contribution >= 0.6 is 0 Å². The van der Waals surface area contributed by atoms with E-state index < -0.39 is 11.7 Å². The average molecular weight is 417 g/mol. The molecule has 0 amide bonds. The zero-order valence-electron chi connectivity index (χ0n) is 18.1. The first-order valence-corrected chi connectivity index (χ1v) is 11.4. The van der Waals surface area contributed by atoms with Gasteiger partial charge in [0.05, 0.1) is 19.1 Å². The molecule has 0 aromatic carbocycles. The lowest BCUT2D eigenvalue weighted by atomic mass is 9.43. The standard InChI is InChI=1S/C24H32O6/c1-22-7-4-14(25)10-13(22)11-15(21(28)29-3)19-16-5-8-24(9-6-18(27)30-24)23(16,2)12-17(26)20(19)22/h10,15-17,19-20,26H,4-9,11-12H2,1-3H3/t15-,16+,17-,19+,20+,22+,23-,24-/m1/s1. The number of ether oxygens (including phenoxy) is 2. The van der Waals surface area contributed by atoms with Gasteiger partial charge in [-0.05, 0) is 67.8 Å². The molecule has 0 aromatic rings. The van der Waals surface area contributed by atoms with Gasteiger partial charge < -0.3 is 14.6 Å². The number of hydrogen-bond acceptors (Lipinski definition) is 6. The summed E-state index contributed by atoms with van der Waals surface area (Å²) in [5.41, 5.74) is -0.168. The largest absolute Gasteiger partial charge is 0.469 e. The first kappa shape index (κ1) is 20.2. The van der Waals surface area contributed by atoms with Crippen molar-refractivity contribution in [3.05, 3.63) is 11.6 Å². The molecule has 5 aliphatic rings. The van der Waals surface area contributed by atoms with Gasteiger partial charge in [0.1, 0.15) is 5.60 Å². The van der Waals surface area contributed by atoms with Crippen molar-refractivity contribution in [3.63, 3.8) is 0 Å². The molecule has 1 N–H and O–H groups in total. The summed E-state index contributed by atoms with van der Waals surface area (Å²) in [7, 11) is 1.42. The van der Waals surface area contributed by atoms with E-state index in [4.69, 9.17) is 9.47 Å². The van der Waals surface area contributed by atoms with Crippen LogP contribution in [-0.2, 0) is 23.9 Å². The predicted molar refractivity (Wildman–Crippen MR) is 107 cm³/mol. The van der Waals surface area contributed by atoms with Crippen molar-refractivity contribution < 1.29 is 29.0 Å². The molecular weight excluding hydrogens is 384 g/mol. The minimum Gasteiger partial charge on any atom is -0.469 e. The summed E-state index contributed by atoms with van der Waals surface area (Å²) in [4.78, 5) is 37.2. The molecular formula is C24H32O6. The zero-order valence-corrected chi connectivity index (χ0v) is 18.1. The molecule has 5 rings (SSSR count). The monoisotopic (exact) mass is 416 g/mol. The highest BCUT2D eigenvalue weighted by atomic mass is 16.6. The van der Waals surface area contributed by atoms with Crippen LogP contribution in [0.25, 0.3) is 0 Å². The number of aliphatic hydroxyl groups excluding tert-OH is 1. The molecule has 1 saturated heterocycles. The van der Waals surface area contributed by atoms with Crippen molar-refractivity contribution in [1.82, 2.24) is 0 Å². The molecule has 6 heteroatoms. The van der Waals surface area contributed by atoms with E-state index in [1.54, 1.807) is 6.08 Å². The summed E-state index contributed by atoms with van der Waals surface area (Å²) in [6.07, 6.45) is 6.21. The van der Waals surface area contributed by atoms with Gasteiger partial charge in [0.25, 0.3) is 0 Å². The SMILES string of the molecule is COC(=O)[C@@H]1CC2=CC(=O)CC[C@]2(C)[C@@H]2[C@@H]1[C@@H]1CC[C@@]3(CCC(=O)O3)[C@]1(C)C[C@H]2O. The number of hydrogen-bond donors (Lipinski definition) is 1. The number of allylic oxidation sites excluding steroid dienone is 1. The second kappa shape index (κ2) is 6.41. The Kier molecular flexibility index (Phi) is 4.32. The summed E-state index contributed by atoms with van der Waals surface area (Å²) in [6.45, 7) is 4.33. The summed E-state index contributed by atoms with van der Waals surface area (Å²) >= 11 is 0. The Labute approximate surface area is 177 Å². The Balaban J connectivity index is 1.62. The molecule has 4 aliphatic carbocycles. The molecule has 1 aliphatic heterocycles. The highest BCUT2D eigenvalue weighted by Crippen LogP contribution is 2.70. The number of methoxy groups -OCH3 is 1. The van der Waals surface area contributed by atoms with Crippen LogP contribution in [0.4, 0.5) is 0 Å². The van der Waals surface area contributed by atoms with Crippen LogP contribution < -0.4 is 0 Å². The van der Waals surface area contributed by atoms with E-state index in [1.807, 2.05) is 0 Å².